The van der Waals surface area contributed by atoms with Gasteiger partial charge >= 0.3 is 0 Å². The average molecular weight is 227 g/mol. The van der Waals surface area contributed by atoms with Gasteiger partial charge in [-0.15, -0.1) is 23.5 Å². The average Bonchev–Trinajstić information content (AvgIpc) is 2.26. The van der Waals surface area contributed by atoms with Crippen molar-refractivity contribution >= 4 is 23.5 Å². The molecule has 78 valence electrons. The highest BCUT2D eigenvalue weighted by Crippen LogP contribution is 2.26. The van der Waals surface area contributed by atoms with E-state index in [1.807, 2.05) is 11.8 Å². The quantitative estimate of drug-likeness (QED) is 0.783. The summed E-state index contributed by atoms with van der Waals surface area (Å²) >= 11 is 3.61. The Morgan fingerprint density at radius 1 is 1.21 bits per heavy atom. The Morgan fingerprint density at radius 3 is 2.57 bits per heavy atom. The minimum absolute atomic E-state index is 0.776. The lowest BCUT2D eigenvalue weighted by molar-refractivity contribution is 0.819. The van der Waals surface area contributed by atoms with E-state index in [2.05, 4.69) is 30.7 Å². The Kier molecular flexibility index (Phi) is 5.45. The highest BCUT2D eigenvalue weighted by molar-refractivity contribution is 7.99. The Morgan fingerprint density at radius 2 is 2.00 bits per heavy atom. The van der Waals surface area contributed by atoms with Crippen molar-refractivity contribution in [3.05, 3.63) is 23.8 Å². The van der Waals surface area contributed by atoms with Gasteiger partial charge in [-0.05, 0) is 49.6 Å². The molecule has 0 aromatic heterocycles. The van der Waals surface area contributed by atoms with Crippen molar-refractivity contribution in [2.24, 2.45) is 5.73 Å². The summed E-state index contributed by atoms with van der Waals surface area (Å²) in [6, 6.07) is 6.69. The topological polar surface area (TPSA) is 26.0 Å². The molecule has 1 aromatic carbocycles. The molecular formula is C11H17NS2. The minimum Gasteiger partial charge on any atom is -0.330 e. The van der Waals surface area contributed by atoms with Gasteiger partial charge in [0.2, 0.25) is 0 Å². The molecule has 0 aliphatic carbocycles. The molecule has 0 heterocycles. The molecule has 0 saturated carbocycles. The lowest BCUT2D eigenvalue weighted by Crippen LogP contribution is -2.01. The molecule has 0 radical (unpaired) electrons. The van der Waals surface area contributed by atoms with E-state index in [0.29, 0.717) is 0 Å². The molecule has 1 aromatic rings. The molecular weight excluding hydrogens is 210 g/mol. The molecule has 0 saturated heterocycles. The van der Waals surface area contributed by atoms with Gasteiger partial charge in [-0.1, -0.05) is 6.07 Å². The van der Waals surface area contributed by atoms with E-state index in [1.54, 1.807) is 11.8 Å². The number of aryl methyl sites for hydroxylation is 1. The minimum atomic E-state index is 0.776. The van der Waals surface area contributed by atoms with E-state index < -0.39 is 0 Å². The fourth-order valence-electron chi connectivity index (χ4n) is 1.35. The second kappa shape index (κ2) is 6.38. The van der Waals surface area contributed by atoms with Crippen LogP contribution in [0.5, 0.6) is 0 Å². The maximum Gasteiger partial charge on any atom is 0.0112 e. The maximum absolute atomic E-state index is 5.51. The van der Waals surface area contributed by atoms with Crippen LogP contribution in [0.4, 0.5) is 0 Å². The van der Waals surface area contributed by atoms with Crippen molar-refractivity contribution in [3.8, 4) is 0 Å². The van der Waals surface area contributed by atoms with E-state index in [9.17, 15) is 0 Å². The Labute approximate surface area is 94.8 Å². The zero-order valence-corrected chi connectivity index (χ0v) is 10.4. The van der Waals surface area contributed by atoms with Crippen molar-refractivity contribution in [1.82, 2.24) is 0 Å². The van der Waals surface area contributed by atoms with Gasteiger partial charge in [0.15, 0.2) is 0 Å². The first-order valence-electron chi connectivity index (χ1n) is 4.72. The number of benzene rings is 1. The van der Waals surface area contributed by atoms with Gasteiger partial charge in [0.05, 0.1) is 0 Å². The van der Waals surface area contributed by atoms with Gasteiger partial charge in [0, 0.05) is 9.79 Å². The van der Waals surface area contributed by atoms with E-state index >= 15 is 0 Å². The molecule has 0 aliphatic heterocycles. The van der Waals surface area contributed by atoms with Crippen LogP contribution in [-0.2, 0) is 6.42 Å². The first kappa shape index (κ1) is 12.0. The number of nitrogens with two attached hydrogens (primary N) is 1. The summed E-state index contributed by atoms with van der Waals surface area (Å²) in [6.45, 7) is 0.776. The second-order valence-corrected chi connectivity index (χ2v) is 4.80. The number of hydrogen-bond acceptors (Lipinski definition) is 3. The molecule has 0 unspecified atom stereocenters. The summed E-state index contributed by atoms with van der Waals surface area (Å²) in [5.41, 5.74) is 6.94. The van der Waals surface area contributed by atoms with E-state index in [0.717, 1.165) is 19.4 Å². The zero-order chi connectivity index (χ0) is 10.4. The largest absolute Gasteiger partial charge is 0.330 e. The van der Waals surface area contributed by atoms with Crippen LogP contribution in [0.15, 0.2) is 28.0 Å². The summed E-state index contributed by atoms with van der Waals surface area (Å²) in [5, 5.41) is 0. The van der Waals surface area contributed by atoms with Crippen molar-refractivity contribution in [2.75, 3.05) is 19.1 Å². The fraction of sp³-hybridized carbons (Fsp3) is 0.455. The first-order valence-corrected chi connectivity index (χ1v) is 7.17. The van der Waals surface area contributed by atoms with E-state index in [1.165, 1.54) is 15.4 Å². The molecule has 0 fully saturated rings. The number of thioether (sulfide) groups is 2. The predicted octanol–water partition coefficient (Wildman–Crippen LogP) is 3.02. The zero-order valence-electron chi connectivity index (χ0n) is 8.75. The molecule has 14 heavy (non-hydrogen) atoms. The van der Waals surface area contributed by atoms with E-state index in [4.69, 9.17) is 5.73 Å². The first-order chi connectivity index (χ1) is 6.81. The molecule has 0 bridgehead atoms. The maximum atomic E-state index is 5.51. The van der Waals surface area contributed by atoms with Crippen molar-refractivity contribution in [3.63, 3.8) is 0 Å². The molecule has 3 heteroatoms. The van der Waals surface area contributed by atoms with Crippen LogP contribution >= 0.6 is 23.5 Å². The van der Waals surface area contributed by atoms with Gasteiger partial charge < -0.3 is 5.73 Å². The van der Waals surface area contributed by atoms with Crippen LogP contribution in [-0.4, -0.2) is 19.1 Å². The van der Waals surface area contributed by atoms with Crippen LogP contribution in [0.3, 0.4) is 0 Å². The lowest BCUT2D eigenvalue weighted by atomic mass is 10.1. The van der Waals surface area contributed by atoms with Crippen molar-refractivity contribution in [1.29, 1.82) is 0 Å². The lowest BCUT2D eigenvalue weighted by Gasteiger charge is -2.08. The molecule has 1 nitrogen and oxygen atoms in total. The standard InChI is InChI=1S/C11H17NS2/c1-13-10-6-5-9(4-3-7-12)11(8-10)14-2/h5-6,8H,3-4,7,12H2,1-2H3. The molecule has 0 atom stereocenters. The highest BCUT2D eigenvalue weighted by Gasteiger charge is 2.02. The summed E-state index contributed by atoms with van der Waals surface area (Å²) in [6.07, 6.45) is 6.41. The van der Waals surface area contributed by atoms with Crippen LogP contribution < -0.4 is 5.73 Å². The van der Waals surface area contributed by atoms with Crippen LogP contribution in [0.1, 0.15) is 12.0 Å². The molecule has 0 aliphatic rings. The SMILES string of the molecule is CSc1ccc(CCCN)c(SC)c1. The Bertz CT molecular complexity index is 287. The van der Waals surface area contributed by atoms with Gasteiger partial charge in [0.1, 0.15) is 0 Å². The molecule has 2 N–H and O–H groups in total. The van der Waals surface area contributed by atoms with Gasteiger partial charge in [-0.3, -0.25) is 0 Å². The third-order valence-corrected chi connectivity index (χ3v) is 3.69. The molecule has 0 spiro atoms. The van der Waals surface area contributed by atoms with Crippen LogP contribution in [0.2, 0.25) is 0 Å². The van der Waals surface area contributed by atoms with Crippen LogP contribution in [0.25, 0.3) is 0 Å². The normalized spacial score (nSPS) is 10.5. The highest BCUT2D eigenvalue weighted by atomic mass is 32.2. The monoisotopic (exact) mass is 227 g/mol. The molecule has 0 amide bonds. The summed E-state index contributed by atoms with van der Waals surface area (Å²) in [7, 11) is 0. The Hall–Kier alpha value is -0.120. The molecule has 1 rings (SSSR count). The van der Waals surface area contributed by atoms with Gasteiger partial charge in [0.25, 0.3) is 0 Å². The van der Waals surface area contributed by atoms with E-state index in [-0.39, 0.29) is 0 Å². The summed E-state index contributed by atoms with van der Waals surface area (Å²) < 4.78 is 0. The van der Waals surface area contributed by atoms with Crippen molar-refractivity contribution < 1.29 is 0 Å². The van der Waals surface area contributed by atoms with Gasteiger partial charge in [-0.25, -0.2) is 0 Å². The third-order valence-electron chi connectivity index (χ3n) is 2.14. The predicted molar refractivity (Wildman–Crippen MR) is 67.4 cm³/mol. The smallest absolute Gasteiger partial charge is 0.0112 e. The number of hydrogen-bond donors (Lipinski definition) is 1. The summed E-state index contributed by atoms with van der Waals surface area (Å²) in [4.78, 5) is 2.73. The van der Waals surface area contributed by atoms with Crippen molar-refractivity contribution in [2.45, 2.75) is 22.6 Å². The third kappa shape index (κ3) is 3.23. The summed E-state index contributed by atoms with van der Waals surface area (Å²) in [5.74, 6) is 0. The fourth-order valence-corrected chi connectivity index (χ4v) is 2.54. The van der Waals surface area contributed by atoms with Gasteiger partial charge in [-0.2, -0.15) is 0 Å². The second-order valence-electron chi connectivity index (χ2n) is 3.07. The van der Waals surface area contributed by atoms with Crippen LogP contribution in [0, 0.1) is 0 Å². The Balaban J connectivity index is 2.82. The number of rotatable bonds is 5.